The van der Waals surface area contributed by atoms with E-state index in [0.29, 0.717) is 19.5 Å². The molecule has 3 aliphatic heterocycles. The van der Waals surface area contributed by atoms with Crippen molar-refractivity contribution in [1.29, 1.82) is 0 Å². The maximum Gasteiger partial charge on any atom is 0.248 e. The van der Waals surface area contributed by atoms with Crippen LogP contribution in [0, 0.1) is 25.7 Å². The Morgan fingerprint density at radius 1 is 1.08 bits per heavy atom. The van der Waals surface area contributed by atoms with Gasteiger partial charge in [-0.1, -0.05) is 48.5 Å². The van der Waals surface area contributed by atoms with Gasteiger partial charge in [-0.25, -0.2) is 0 Å². The summed E-state index contributed by atoms with van der Waals surface area (Å²) < 4.78 is -0.632. The number of aliphatic hydroxyl groups excluding tert-OH is 1. The van der Waals surface area contributed by atoms with Crippen molar-refractivity contribution in [3.63, 3.8) is 0 Å². The molecular formula is C28H33N3O4S. The predicted molar refractivity (Wildman–Crippen MR) is 140 cm³/mol. The molecule has 3 amide bonds. The third kappa shape index (κ3) is 4.10. The van der Waals surface area contributed by atoms with E-state index in [-0.39, 0.29) is 29.6 Å². The molecule has 0 aliphatic carbocycles. The first-order valence-corrected chi connectivity index (χ1v) is 13.5. The number of nitrogens with zero attached hydrogens (tertiary/aromatic N) is 1. The molecule has 5 atom stereocenters. The van der Waals surface area contributed by atoms with Crippen LogP contribution >= 0.6 is 11.8 Å². The van der Waals surface area contributed by atoms with E-state index in [9.17, 15) is 19.5 Å². The van der Waals surface area contributed by atoms with Gasteiger partial charge in [-0.3, -0.25) is 14.4 Å². The van der Waals surface area contributed by atoms with Crippen LogP contribution in [0.3, 0.4) is 0 Å². The third-order valence-electron chi connectivity index (χ3n) is 7.95. The fraction of sp³-hybridized carbons (Fsp3) is 0.464. The number of amides is 3. The number of nitrogens with one attached hydrogen (secondary N) is 2. The van der Waals surface area contributed by atoms with Gasteiger partial charge in [-0.15, -0.1) is 11.8 Å². The molecule has 1 spiro atoms. The zero-order chi connectivity index (χ0) is 25.4. The summed E-state index contributed by atoms with van der Waals surface area (Å²) >= 11 is 1.66. The molecule has 3 N–H and O–H groups in total. The molecule has 2 unspecified atom stereocenters. The van der Waals surface area contributed by atoms with E-state index in [1.165, 1.54) is 0 Å². The van der Waals surface area contributed by atoms with Crippen molar-refractivity contribution in [2.45, 2.75) is 55.7 Å². The standard InChI is InChI=1S/C28H33N3O4S/c1-17-8-6-9-18(2)23(17)30-26(34)24-28-13-12-20(36-28)21(22(28)27(35)31(24)14-7-15-32)25(33)29-16-19-10-4-3-5-11-19/h3-6,8-11,20-22,24,32H,7,12-16H2,1-2H3,(H,29,33)(H,30,34)/t20-,21+,22-,24?,28?/m0/s1. The maximum absolute atomic E-state index is 13.9. The van der Waals surface area contributed by atoms with Gasteiger partial charge in [0.2, 0.25) is 17.7 Å². The van der Waals surface area contributed by atoms with Crippen molar-refractivity contribution >= 4 is 35.2 Å². The molecule has 0 radical (unpaired) electrons. The second-order valence-corrected chi connectivity index (χ2v) is 11.7. The van der Waals surface area contributed by atoms with Crippen LogP contribution in [-0.4, -0.2) is 56.9 Å². The lowest BCUT2D eigenvalue weighted by molar-refractivity contribution is -0.139. The molecule has 3 fully saturated rings. The summed E-state index contributed by atoms with van der Waals surface area (Å²) in [6, 6.07) is 14.9. The zero-order valence-corrected chi connectivity index (χ0v) is 21.5. The summed E-state index contributed by atoms with van der Waals surface area (Å²) in [4.78, 5) is 42.8. The van der Waals surface area contributed by atoms with Crippen LogP contribution < -0.4 is 10.6 Å². The average molecular weight is 508 g/mol. The molecular weight excluding hydrogens is 474 g/mol. The summed E-state index contributed by atoms with van der Waals surface area (Å²) in [7, 11) is 0. The lowest BCUT2D eigenvalue weighted by Crippen LogP contribution is -2.52. The molecule has 190 valence electrons. The van der Waals surface area contributed by atoms with Gasteiger partial charge in [0.25, 0.3) is 0 Å². The first-order chi connectivity index (χ1) is 17.4. The van der Waals surface area contributed by atoms with Gasteiger partial charge < -0.3 is 20.6 Å². The van der Waals surface area contributed by atoms with Crippen LogP contribution in [0.25, 0.3) is 0 Å². The fourth-order valence-corrected chi connectivity index (χ4v) is 8.56. The molecule has 7 nitrogen and oxygen atoms in total. The number of fused-ring (bicyclic) bond motifs is 1. The Morgan fingerprint density at radius 3 is 2.50 bits per heavy atom. The van der Waals surface area contributed by atoms with Gasteiger partial charge in [0.1, 0.15) is 6.04 Å². The molecule has 36 heavy (non-hydrogen) atoms. The third-order valence-corrected chi connectivity index (χ3v) is 9.90. The molecule has 0 saturated carbocycles. The van der Waals surface area contributed by atoms with E-state index in [2.05, 4.69) is 10.6 Å². The van der Waals surface area contributed by atoms with Crippen LogP contribution in [0.15, 0.2) is 48.5 Å². The zero-order valence-electron chi connectivity index (χ0n) is 20.7. The number of rotatable bonds is 8. The topological polar surface area (TPSA) is 98.7 Å². The molecule has 2 aromatic rings. The van der Waals surface area contributed by atoms with Gasteiger partial charge in [0, 0.05) is 30.6 Å². The number of hydrogen-bond acceptors (Lipinski definition) is 5. The minimum absolute atomic E-state index is 0.0187. The highest BCUT2D eigenvalue weighted by atomic mass is 32.2. The minimum atomic E-state index is -0.678. The summed E-state index contributed by atoms with van der Waals surface area (Å²) in [5.41, 5.74) is 3.70. The number of aryl methyl sites for hydroxylation is 2. The number of hydrogen-bond donors (Lipinski definition) is 3. The first-order valence-electron chi connectivity index (χ1n) is 12.7. The Labute approximate surface area is 216 Å². The van der Waals surface area contributed by atoms with Crippen molar-refractivity contribution in [3.05, 3.63) is 65.2 Å². The molecule has 0 aromatic heterocycles. The molecule has 3 heterocycles. The van der Waals surface area contributed by atoms with Crippen molar-refractivity contribution in [2.75, 3.05) is 18.5 Å². The number of benzene rings is 2. The van der Waals surface area contributed by atoms with E-state index in [1.54, 1.807) is 16.7 Å². The number of carbonyl (C=O) groups excluding carboxylic acids is 3. The highest BCUT2D eigenvalue weighted by Gasteiger charge is 2.73. The normalized spacial score (nSPS) is 28.3. The molecule has 2 bridgehead atoms. The predicted octanol–water partition coefficient (Wildman–Crippen LogP) is 3.03. The van der Waals surface area contributed by atoms with Crippen LogP contribution in [0.4, 0.5) is 5.69 Å². The van der Waals surface area contributed by atoms with Crippen LogP contribution in [0.1, 0.15) is 36.0 Å². The Bertz CT molecular complexity index is 1150. The van der Waals surface area contributed by atoms with Gasteiger partial charge in [0.05, 0.1) is 16.6 Å². The number of carbonyl (C=O) groups is 3. The number of para-hydroxylation sites is 1. The molecule has 2 aromatic carbocycles. The Kier molecular flexibility index (Phi) is 6.83. The quantitative estimate of drug-likeness (QED) is 0.510. The maximum atomic E-state index is 13.9. The molecule has 3 aliphatic rings. The Morgan fingerprint density at radius 2 is 1.81 bits per heavy atom. The smallest absolute Gasteiger partial charge is 0.248 e. The van der Waals surface area contributed by atoms with Crippen LogP contribution in [-0.2, 0) is 20.9 Å². The second kappa shape index (κ2) is 9.90. The average Bonchev–Trinajstić information content (AvgIpc) is 3.51. The number of anilines is 1. The molecule has 3 saturated heterocycles. The van der Waals surface area contributed by atoms with Crippen molar-refractivity contribution < 1.29 is 19.5 Å². The lowest BCUT2D eigenvalue weighted by Gasteiger charge is -2.34. The number of likely N-dealkylation sites (tertiary alicyclic amines) is 1. The summed E-state index contributed by atoms with van der Waals surface area (Å²) in [5.74, 6) is -1.47. The van der Waals surface area contributed by atoms with E-state index in [0.717, 1.165) is 35.2 Å². The molecule has 8 heteroatoms. The van der Waals surface area contributed by atoms with Crippen molar-refractivity contribution in [1.82, 2.24) is 10.2 Å². The Balaban J connectivity index is 1.43. The number of thioether (sulfide) groups is 1. The second-order valence-electron chi connectivity index (χ2n) is 10.1. The monoisotopic (exact) mass is 507 g/mol. The van der Waals surface area contributed by atoms with Crippen molar-refractivity contribution in [3.8, 4) is 0 Å². The fourth-order valence-electron chi connectivity index (χ4n) is 6.34. The van der Waals surface area contributed by atoms with E-state index < -0.39 is 22.6 Å². The first kappa shape index (κ1) is 24.8. The van der Waals surface area contributed by atoms with Gasteiger partial charge in [-0.05, 0) is 49.8 Å². The Hall–Kier alpha value is -2.84. The van der Waals surface area contributed by atoms with E-state index in [4.69, 9.17) is 0 Å². The minimum Gasteiger partial charge on any atom is -0.396 e. The van der Waals surface area contributed by atoms with E-state index in [1.807, 2.05) is 62.4 Å². The molecule has 5 rings (SSSR count). The van der Waals surface area contributed by atoms with E-state index >= 15 is 0 Å². The largest absolute Gasteiger partial charge is 0.396 e. The highest BCUT2D eigenvalue weighted by molar-refractivity contribution is 8.02. The summed E-state index contributed by atoms with van der Waals surface area (Å²) in [5, 5.41) is 15.7. The van der Waals surface area contributed by atoms with Crippen LogP contribution in [0.2, 0.25) is 0 Å². The number of aliphatic hydroxyl groups is 1. The SMILES string of the molecule is Cc1cccc(C)c1NC(=O)C1N(CCCO)C(=O)[C@@H]2[C@H](C(=O)NCc3ccccc3)[C@@H]3CCC12S3. The highest BCUT2D eigenvalue weighted by Crippen LogP contribution is 2.66. The summed E-state index contributed by atoms with van der Waals surface area (Å²) in [6.45, 7) is 4.55. The van der Waals surface area contributed by atoms with Gasteiger partial charge >= 0.3 is 0 Å². The van der Waals surface area contributed by atoms with Crippen LogP contribution in [0.5, 0.6) is 0 Å². The lowest BCUT2D eigenvalue weighted by atomic mass is 9.70. The van der Waals surface area contributed by atoms with Gasteiger partial charge in [-0.2, -0.15) is 0 Å². The van der Waals surface area contributed by atoms with Gasteiger partial charge in [0.15, 0.2) is 0 Å². The van der Waals surface area contributed by atoms with Crippen molar-refractivity contribution in [2.24, 2.45) is 11.8 Å². The summed E-state index contributed by atoms with van der Waals surface area (Å²) in [6.07, 6.45) is 1.92.